The lowest BCUT2D eigenvalue weighted by molar-refractivity contribution is 0.191. The lowest BCUT2D eigenvalue weighted by atomic mass is 10.2. The van der Waals surface area contributed by atoms with Gasteiger partial charge in [0.25, 0.3) is 0 Å². The van der Waals surface area contributed by atoms with Crippen molar-refractivity contribution in [3.05, 3.63) is 35.4 Å². The molecule has 0 heterocycles. The Morgan fingerprint density at radius 3 is 2.79 bits per heavy atom. The maximum atomic E-state index is 13.0. The average Bonchev–Trinajstić information content (AvgIpc) is 2.10. The number of rotatable bonds is 4. The van der Waals surface area contributed by atoms with E-state index in [4.69, 9.17) is 5.11 Å². The molecule has 14 heavy (non-hydrogen) atoms. The van der Waals surface area contributed by atoms with Crippen LogP contribution in [-0.2, 0) is 6.54 Å². The van der Waals surface area contributed by atoms with E-state index in [2.05, 4.69) is 5.32 Å². The minimum atomic E-state index is -0.494. The van der Waals surface area contributed by atoms with Crippen molar-refractivity contribution in [1.82, 2.24) is 5.32 Å². The fraction of sp³-hybridized carbons (Fsp3) is 0.400. The van der Waals surface area contributed by atoms with E-state index in [0.717, 1.165) is 18.2 Å². The van der Waals surface area contributed by atoms with Gasteiger partial charge in [0, 0.05) is 18.7 Å². The van der Waals surface area contributed by atoms with Gasteiger partial charge in [0.05, 0.1) is 6.10 Å². The molecule has 1 aromatic rings. The minimum absolute atomic E-state index is 0.217. The van der Waals surface area contributed by atoms with Gasteiger partial charge < -0.3 is 10.4 Å². The molecular weight excluding hydrogens is 188 g/mol. The first kappa shape index (κ1) is 11.1. The molecule has 1 rings (SSSR count). The van der Waals surface area contributed by atoms with Gasteiger partial charge in [-0.2, -0.15) is 0 Å². The van der Waals surface area contributed by atoms with Crippen LogP contribution in [0, 0.1) is 11.6 Å². The van der Waals surface area contributed by atoms with E-state index in [9.17, 15) is 8.78 Å². The predicted octanol–water partition coefficient (Wildman–Crippen LogP) is 1.44. The summed E-state index contributed by atoms with van der Waals surface area (Å²) in [5.41, 5.74) is 0.269. The van der Waals surface area contributed by atoms with Crippen LogP contribution in [0.3, 0.4) is 0 Å². The van der Waals surface area contributed by atoms with Crippen LogP contribution in [0.5, 0.6) is 0 Å². The van der Waals surface area contributed by atoms with Gasteiger partial charge in [0.1, 0.15) is 11.6 Å². The zero-order valence-electron chi connectivity index (χ0n) is 7.93. The number of aliphatic hydroxyl groups is 1. The SMILES string of the molecule is C[C@@H](O)CNCc1cc(F)ccc1F. The molecule has 0 aliphatic carbocycles. The maximum absolute atomic E-state index is 13.0. The first-order valence-electron chi connectivity index (χ1n) is 4.42. The molecule has 0 amide bonds. The predicted molar refractivity (Wildman–Crippen MR) is 49.7 cm³/mol. The summed E-state index contributed by atoms with van der Waals surface area (Å²) < 4.78 is 25.7. The fourth-order valence-electron chi connectivity index (χ4n) is 1.09. The van der Waals surface area contributed by atoms with E-state index in [1.54, 1.807) is 6.92 Å². The Hall–Kier alpha value is -1.00. The van der Waals surface area contributed by atoms with Crippen LogP contribution in [0.25, 0.3) is 0 Å². The van der Waals surface area contributed by atoms with Gasteiger partial charge >= 0.3 is 0 Å². The Morgan fingerprint density at radius 1 is 1.43 bits per heavy atom. The van der Waals surface area contributed by atoms with E-state index in [0.29, 0.717) is 6.54 Å². The van der Waals surface area contributed by atoms with Crippen molar-refractivity contribution in [2.24, 2.45) is 0 Å². The number of halogens is 2. The van der Waals surface area contributed by atoms with Gasteiger partial charge in [-0.25, -0.2) is 8.78 Å². The molecule has 0 saturated carbocycles. The second kappa shape index (κ2) is 5.02. The molecule has 78 valence electrons. The van der Waals surface area contributed by atoms with Gasteiger partial charge in [0.15, 0.2) is 0 Å². The molecule has 0 unspecified atom stereocenters. The van der Waals surface area contributed by atoms with Crippen LogP contribution in [0.4, 0.5) is 8.78 Å². The summed E-state index contributed by atoms with van der Waals surface area (Å²) in [6, 6.07) is 3.31. The van der Waals surface area contributed by atoms with Crippen molar-refractivity contribution in [1.29, 1.82) is 0 Å². The summed E-state index contributed by atoms with van der Waals surface area (Å²) in [4.78, 5) is 0. The minimum Gasteiger partial charge on any atom is -0.392 e. The molecule has 0 saturated heterocycles. The van der Waals surface area contributed by atoms with Gasteiger partial charge in [-0.15, -0.1) is 0 Å². The third-order valence-corrected chi connectivity index (χ3v) is 1.76. The van der Waals surface area contributed by atoms with Gasteiger partial charge in [-0.3, -0.25) is 0 Å². The Kier molecular flexibility index (Phi) is 3.98. The van der Waals surface area contributed by atoms with Crippen molar-refractivity contribution < 1.29 is 13.9 Å². The number of hydrogen-bond donors (Lipinski definition) is 2. The van der Waals surface area contributed by atoms with Gasteiger partial charge in [-0.1, -0.05) is 0 Å². The first-order valence-corrected chi connectivity index (χ1v) is 4.42. The summed E-state index contributed by atoms with van der Waals surface area (Å²) in [7, 11) is 0. The third-order valence-electron chi connectivity index (χ3n) is 1.76. The van der Waals surface area contributed by atoms with Crippen molar-refractivity contribution in [2.45, 2.75) is 19.6 Å². The molecule has 2 N–H and O–H groups in total. The van der Waals surface area contributed by atoms with E-state index in [1.165, 1.54) is 0 Å². The van der Waals surface area contributed by atoms with E-state index < -0.39 is 17.7 Å². The van der Waals surface area contributed by atoms with Crippen LogP contribution in [0.2, 0.25) is 0 Å². The second-order valence-corrected chi connectivity index (χ2v) is 3.22. The smallest absolute Gasteiger partial charge is 0.127 e. The molecule has 0 bridgehead atoms. The molecule has 2 nitrogen and oxygen atoms in total. The largest absolute Gasteiger partial charge is 0.392 e. The summed E-state index contributed by atoms with van der Waals surface area (Å²) in [5.74, 6) is -0.898. The molecule has 0 radical (unpaired) electrons. The maximum Gasteiger partial charge on any atom is 0.127 e. The third kappa shape index (κ3) is 3.40. The first-order chi connectivity index (χ1) is 6.59. The monoisotopic (exact) mass is 201 g/mol. The van der Waals surface area contributed by atoms with Gasteiger partial charge in [-0.05, 0) is 25.1 Å². The van der Waals surface area contributed by atoms with Crippen LogP contribution in [-0.4, -0.2) is 17.8 Å². The lowest BCUT2D eigenvalue weighted by Crippen LogP contribution is -2.24. The van der Waals surface area contributed by atoms with Gasteiger partial charge in [0.2, 0.25) is 0 Å². The molecule has 0 aromatic heterocycles. The summed E-state index contributed by atoms with van der Waals surface area (Å²) in [6.45, 7) is 2.19. The second-order valence-electron chi connectivity index (χ2n) is 3.22. The number of benzene rings is 1. The Morgan fingerprint density at radius 2 is 2.14 bits per heavy atom. The molecule has 4 heteroatoms. The van der Waals surface area contributed by atoms with Crippen molar-refractivity contribution in [3.63, 3.8) is 0 Å². The summed E-state index contributed by atoms with van der Waals surface area (Å²) in [5, 5.41) is 11.7. The van der Waals surface area contributed by atoms with E-state index in [1.807, 2.05) is 0 Å². The van der Waals surface area contributed by atoms with Crippen molar-refractivity contribution in [2.75, 3.05) is 6.54 Å². The molecule has 1 aromatic carbocycles. The normalized spacial score (nSPS) is 12.9. The number of aliphatic hydroxyl groups excluding tert-OH is 1. The molecule has 0 fully saturated rings. The van der Waals surface area contributed by atoms with Crippen molar-refractivity contribution >= 4 is 0 Å². The van der Waals surface area contributed by atoms with Crippen LogP contribution in [0.1, 0.15) is 12.5 Å². The topological polar surface area (TPSA) is 32.3 Å². The Balaban J connectivity index is 2.53. The van der Waals surface area contributed by atoms with E-state index in [-0.39, 0.29) is 12.1 Å². The average molecular weight is 201 g/mol. The number of hydrogen-bond acceptors (Lipinski definition) is 2. The highest BCUT2D eigenvalue weighted by Gasteiger charge is 2.03. The highest BCUT2D eigenvalue weighted by molar-refractivity contribution is 5.18. The highest BCUT2D eigenvalue weighted by atomic mass is 19.1. The van der Waals surface area contributed by atoms with Crippen LogP contribution < -0.4 is 5.32 Å². The standard InChI is InChI=1S/C10H13F2NO/c1-7(14)5-13-6-8-4-9(11)2-3-10(8)12/h2-4,7,13-14H,5-6H2,1H3/t7-/m1/s1. The highest BCUT2D eigenvalue weighted by Crippen LogP contribution is 2.08. The zero-order valence-corrected chi connectivity index (χ0v) is 7.93. The van der Waals surface area contributed by atoms with Crippen molar-refractivity contribution in [3.8, 4) is 0 Å². The molecule has 0 aliphatic rings. The molecule has 0 spiro atoms. The molecule has 1 atom stereocenters. The van der Waals surface area contributed by atoms with E-state index >= 15 is 0 Å². The zero-order chi connectivity index (χ0) is 10.6. The summed E-state index contributed by atoms with van der Waals surface area (Å²) >= 11 is 0. The van der Waals surface area contributed by atoms with Crippen LogP contribution in [0.15, 0.2) is 18.2 Å². The molecular formula is C10H13F2NO. The number of nitrogens with one attached hydrogen (secondary N) is 1. The fourth-order valence-corrected chi connectivity index (χ4v) is 1.09. The Bertz CT molecular complexity index is 302. The Labute approximate surface area is 81.6 Å². The summed E-state index contributed by atoms with van der Waals surface area (Å²) in [6.07, 6.45) is -0.494. The quantitative estimate of drug-likeness (QED) is 0.772. The van der Waals surface area contributed by atoms with Crippen LogP contribution >= 0.6 is 0 Å². The lowest BCUT2D eigenvalue weighted by Gasteiger charge is -2.07. The molecule has 0 aliphatic heterocycles.